The molecule has 37 heavy (non-hydrogen) atoms. The van der Waals surface area contributed by atoms with Gasteiger partial charge in [-0.25, -0.2) is 0 Å². The highest BCUT2D eigenvalue weighted by Gasteiger charge is 2.22. The summed E-state index contributed by atoms with van der Waals surface area (Å²) in [5.41, 5.74) is 1.97. The van der Waals surface area contributed by atoms with Crippen LogP contribution in [-0.2, 0) is 27.4 Å². The van der Waals surface area contributed by atoms with Gasteiger partial charge in [-0.15, -0.1) is 0 Å². The van der Waals surface area contributed by atoms with Crippen LogP contribution >= 0.6 is 0 Å². The highest BCUT2D eigenvalue weighted by molar-refractivity contribution is 5.94. The van der Waals surface area contributed by atoms with Crippen LogP contribution in [-0.4, -0.2) is 72.5 Å². The predicted molar refractivity (Wildman–Crippen MR) is 143 cm³/mol. The van der Waals surface area contributed by atoms with Gasteiger partial charge in [0.15, 0.2) is 0 Å². The molecule has 0 N–H and O–H groups in total. The van der Waals surface area contributed by atoms with Crippen molar-refractivity contribution >= 4 is 17.9 Å². The number of benzene rings is 2. The number of nitrogens with zero attached hydrogens (tertiary/aromatic N) is 3. The molecule has 0 atom stereocenters. The molecule has 1 fully saturated rings. The Morgan fingerprint density at radius 3 is 2.30 bits per heavy atom. The second kappa shape index (κ2) is 14.2. The van der Waals surface area contributed by atoms with Gasteiger partial charge < -0.3 is 19.0 Å². The molecule has 3 aromatic rings. The molecule has 0 unspecified atom stereocenters. The van der Waals surface area contributed by atoms with Crippen LogP contribution in [0.25, 0.3) is 6.08 Å². The molecule has 0 bridgehead atoms. The van der Waals surface area contributed by atoms with E-state index >= 15 is 0 Å². The molecule has 0 saturated carbocycles. The van der Waals surface area contributed by atoms with Crippen molar-refractivity contribution in [3.63, 3.8) is 0 Å². The molecule has 2 amide bonds. The smallest absolute Gasteiger partial charge is 0.247 e. The number of rotatable bonds is 12. The zero-order valence-electron chi connectivity index (χ0n) is 21.2. The third-order valence-corrected chi connectivity index (χ3v) is 6.36. The molecule has 194 valence electrons. The number of morpholine rings is 1. The highest BCUT2D eigenvalue weighted by atomic mass is 16.5. The maximum Gasteiger partial charge on any atom is 0.247 e. The molecule has 0 aliphatic carbocycles. The topological polar surface area (TPSA) is 66.2 Å². The van der Waals surface area contributed by atoms with E-state index in [9.17, 15) is 9.59 Å². The van der Waals surface area contributed by atoms with Crippen molar-refractivity contribution in [3.8, 4) is 0 Å². The standard InChI is InChI=1S/C30H35N3O4/c34-29(15-14-26-9-3-1-4-10-26)32(17-8-16-31-18-21-36-22-19-31)25-30(35)33(24-28-13-7-20-37-28)23-27-11-5-2-6-12-27/h1-7,9-15,20H,8,16-19,21-25H2/b15-14+. The summed E-state index contributed by atoms with van der Waals surface area (Å²) in [6, 6.07) is 23.2. The van der Waals surface area contributed by atoms with Crippen LogP contribution in [0, 0.1) is 0 Å². The van der Waals surface area contributed by atoms with Crippen molar-refractivity contribution in [3.05, 3.63) is 102 Å². The van der Waals surface area contributed by atoms with E-state index in [1.54, 1.807) is 28.2 Å². The fourth-order valence-electron chi connectivity index (χ4n) is 4.30. The van der Waals surface area contributed by atoms with Crippen molar-refractivity contribution < 1.29 is 18.7 Å². The highest BCUT2D eigenvalue weighted by Crippen LogP contribution is 2.13. The summed E-state index contributed by atoms with van der Waals surface area (Å²) in [5, 5.41) is 0. The van der Waals surface area contributed by atoms with Gasteiger partial charge in [0.1, 0.15) is 12.3 Å². The Kier molecular flexibility index (Phi) is 10.1. The summed E-state index contributed by atoms with van der Waals surface area (Å²) in [5.74, 6) is 0.420. The van der Waals surface area contributed by atoms with E-state index in [0.29, 0.717) is 25.4 Å². The monoisotopic (exact) mass is 501 g/mol. The van der Waals surface area contributed by atoms with E-state index in [0.717, 1.165) is 50.4 Å². The Labute approximate surface area is 218 Å². The molecule has 7 nitrogen and oxygen atoms in total. The van der Waals surface area contributed by atoms with Gasteiger partial charge in [-0.1, -0.05) is 60.7 Å². The molecule has 7 heteroatoms. The van der Waals surface area contributed by atoms with Gasteiger partial charge in [-0.05, 0) is 35.8 Å². The summed E-state index contributed by atoms with van der Waals surface area (Å²) in [7, 11) is 0. The van der Waals surface area contributed by atoms with Crippen molar-refractivity contribution in [2.75, 3.05) is 45.9 Å². The van der Waals surface area contributed by atoms with Crippen LogP contribution < -0.4 is 0 Å². The second-order valence-electron chi connectivity index (χ2n) is 9.13. The first-order valence-electron chi connectivity index (χ1n) is 12.8. The molecule has 1 aliphatic rings. The summed E-state index contributed by atoms with van der Waals surface area (Å²) in [4.78, 5) is 32.6. The lowest BCUT2D eigenvalue weighted by Gasteiger charge is -2.29. The number of carbonyl (C=O) groups is 2. The average molecular weight is 502 g/mol. The molecular formula is C30H35N3O4. The fourth-order valence-corrected chi connectivity index (χ4v) is 4.30. The molecule has 0 spiro atoms. The van der Waals surface area contributed by atoms with Gasteiger partial charge in [0.25, 0.3) is 0 Å². The van der Waals surface area contributed by atoms with Crippen LogP contribution in [0.5, 0.6) is 0 Å². The summed E-state index contributed by atoms with van der Waals surface area (Å²) >= 11 is 0. The largest absolute Gasteiger partial charge is 0.467 e. The molecule has 1 aliphatic heterocycles. The van der Waals surface area contributed by atoms with Crippen LogP contribution in [0.15, 0.2) is 89.6 Å². The van der Waals surface area contributed by atoms with Gasteiger partial charge in [0, 0.05) is 38.8 Å². The first-order chi connectivity index (χ1) is 18.2. The molecular weight excluding hydrogens is 466 g/mol. The lowest BCUT2D eigenvalue weighted by Crippen LogP contribution is -2.43. The first-order valence-corrected chi connectivity index (χ1v) is 12.8. The van der Waals surface area contributed by atoms with E-state index in [1.807, 2.05) is 72.8 Å². The van der Waals surface area contributed by atoms with Gasteiger partial charge in [-0.2, -0.15) is 0 Å². The summed E-state index contributed by atoms with van der Waals surface area (Å²) in [6.45, 7) is 5.43. The number of hydrogen-bond acceptors (Lipinski definition) is 5. The van der Waals surface area contributed by atoms with Gasteiger partial charge in [-0.3, -0.25) is 14.5 Å². The fraction of sp³-hybridized carbons (Fsp3) is 0.333. The number of hydrogen-bond donors (Lipinski definition) is 0. The van der Waals surface area contributed by atoms with Crippen LogP contribution in [0.3, 0.4) is 0 Å². The summed E-state index contributed by atoms with van der Waals surface area (Å²) in [6.07, 6.45) is 5.75. The molecule has 1 aromatic heterocycles. The number of carbonyl (C=O) groups excluding carboxylic acids is 2. The minimum Gasteiger partial charge on any atom is -0.467 e. The van der Waals surface area contributed by atoms with Crippen molar-refractivity contribution in [1.82, 2.24) is 14.7 Å². The van der Waals surface area contributed by atoms with E-state index in [1.165, 1.54) is 0 Å². The zero-order valence-corrected chi connectivity index (χ0v) is 21.2. The van der Waals surface area contributed by atoms with Crippen molar-refractivity contribution in [1.29, 1.82) is 0 Å². The van der Waals surface area contributed by atoms with Crippen molar-refractivity contribution in [2.45, 2.75) is 19.5 Å². The quantitative estimate of drug-likeness (QED) is 0.350. The average Bonchev–Trinajstić information content (AvgIpc) is 3.46. The maximum absolute atomic E-state index is 13.6. The van der Waals surface area contributed by atoms with Crippen molar-refractivity contribution in [2.24, 2.45) is 0 Å². The lowest BCUT2D eigenvalue weighted by molar-refractivity contribution is -0.139. The van der Waals surface area contributed by atoms with E-state index < -0.39 is 0 Å². The first kappa shape index (κ1) is 26.4. The van der Waals surface area contributed by atoms with E-state index in [-0.39, 0.29) is 18.4 Å². The molecule has 4 rings (SSSR count). The molecule has 2 aromatic carbocycles. The number of amides is 2. The maximum atomic E-state index is 13.6. The predicted octanol–water partition coefficient (Wildman–Crippen LogP) is 4.07. The van der Waals surface area contributed by atoms with Crippen LogP contribution in [0.2, 0.25) is 0 Å². The molecule has 1 saturated heterocycles. The Hall–Kier alpha value is -3.68. The Morgan fingerprint density at radius 1 is 0.865 bits per heavy atom. The molecule has 2 heterocycles. The molecule has 0 radical (unpaired) electrons. The third kappa shape index (κ3) is 8.74. The number of furan rings is 1. The number of ether oxygens (including phenoxy) is 1. The van der Waals surface area contributed by atoms with Crippen LogP contribution in [0.1, 0.15) is 23.3 Å². The summed E-state index contributed by atoms with van der Waals surface area (Å²) < 4.78 is 11.0. The minimum atomic E-state index is -0.170. The van der Waals surface area contributed by atoms with Gasteiger partial charge in [0.2, 0.25) is 11.8 Å². The third-order valence-electron chi connectivity index (χ3n) is 6.36. The zero-order chi connectivity index (χ0) is 25.7. The minimum absolute atomic E-state index is 0.00855. The Morgan fingerprint density at radius 2 is 1.59 bits per heavy atom. The second-order valence-corrected chi connectivity index (χ2v) is 9.13. The Balaban J connectivity index is 1.45. The Bertz CT molecular complexity index is 1110. The lowest BCUT2D eigenvalue weighted by atomic mass is 10.2. The van der Waals surface area contributed by atoms with Gasteiger partial charge in [0.05, 0.1) is 26.0 Å². The normalized spacial score (nSPS) is 14.1. The van der Waals surface area contributed by atoms with E-state index in [2.05, 4.69) is 4.90 Å². The van der Waals surface area contributed by atoms with Crippen LogP contribution in [0.4, 0.5) is 0 Å². The SMILES string of the molecule is O=C(/C=C/c1ccccc1)N(CCCN1CCOCC1)CC(=O)N(Cc1ccccc1)Cc1ccco1. The van der Waals surface area contributed by atoms with E-state index in [4.69, 9.17) is 9.15 Å². The van der Waals surface area contributed by atoms with Gasteiger partial charge >= 0.3 is 0 Å².